The van der Waals surface area contributed by atoms with Crippen molar-refractivity contribution in [3.8, 4) is 5.75 Å². The lowest BCUT2D eigenvalue weighted by Gasteiger charge is -2.38. The summed E-state index contributed by atoms with van der Waals surface area (Å²) in [6.45, 7) is 2.60. The van der Waals surface area contributed by atoms with E-state index in [-0.39, 0.29) is 11.8 Å². The lowest BCUT2D eigenvalue weighted by atomic mass is 10.2. The van der Waals surface area contributed by atoms with Gasteiger partial charge in [-0.25, -0.2) is 0 Å². The lowest BCUT2D eigenvalue weighted by molar-refractivity contribution is 0.104. The molecule has 1 aliphatic heterocycles. The van der Waals surface area contributed by atoms with Crippen LogP contribution in [-0.2, 0) is 14.9 Å². The van der Waals surface area contributed by atoms with Crippen LogP contribution < -0.4 is 9.50 Å². The maximum Gasteiger partial charge on any atom is 0.310 e. The normalized spacial score (nSPS) is 23.4. The Hall–Kier alpha value is -0.860. The van der Waals surface area contributed by atoms with Gasteiger partial charge in [0, 0.05) is 26.7 Å². The van der Waals surface area contributed by atoms with Gasteiger partial charge in [-0.15, -0.1) is 11.6 Å². The molecule has 1 N–H and O–H groups in total. The van der Waals surface area contributed by atoms with Crippen molar-refractivity contribution in [3.63, 3.8) is 0 Å². The van der Waals surface area contributed by atoms with E-state index in [1.54, 1.807) is 37.4 Å². The molecule has 0 amide bonds. The van der Waals surface area contributed by atoms with Gasteiger partial charge in [-0.1, -0.05) is 18.2 Å². The number of hydrogen-bond donors (Lipinski definition) is 1. The number of piperazine rings is 1. The molecular weight excluding hydrogens is 328 g/mol. The standard InChI is InChI=1S/C14H21ClN2O4S/c1-20-10-9-17-8-7-16-14(15)13(17)11-22(18,19)21-12-5-3-2-4-6-12/h2-6,13-14,16H,7-11H2,1H3. The minimum absolute atomic E-state index is 0.174. The van der Waals surface area contributed by atoms with Gasteiger partial charge in [0.15, 0.2) is 0 Å². The summed E-state index contributed by atoms with van der Waals surface area (Å²) < 4.78 is 34.7. The average molecular weight is 349 g/mol. The second kappa shape index (κ2) is 8.12. The van der Waals surface area contributed by atoms with Gasteiger partial charge in [0.1, 0.15) is 11.5 Å². The molecule has 0 saturated carbocycles. The molecular formula is C14H21ClN2O4S. The van der Waals surface area contributed by atoms with Crippen LogP contribution in [0.2, 0.25) is 0 Å². The largest absolute Gasteiger partial charge is 0.383 e. The molecule has 0 aromatic heterocycles. The van der Waals surface area contributed by atoms with E-state index in [0.717, 1.165) is 6.54 Å². The third-order valence-corrected chi connectivity index (χ3v) is 5.11. The number of para-hydroxylation sites is 1. The highest BCUT2D eigenvalue weighted by Crippen LogP contribution is 2.18. The first-order valence-electron chi connectivity index (χ1n) is 7.09. The van der Waals surface area contributed by atoms with E-state index in [4.69, 9.17) is 20.5 Å². The summed E-state index contributed by atoms with van der Waals surface area (Å²) in [6, 6.07) is 8.10. The van der Waals surface area contributed by atoms with Crippen LogP contribution in [0, 0.1) is 0 Å². The number of rotatable bonds is 7. The van der Waals surface area contributed by atoms with Crippen LogP contribution in [0.15, 0.2) is 30.3 Å². The number of benzene rings is 1. The monoisotopic (exact) mass is 348 g/mol. The molecule has 2 rings (SSSR count). The molecule has 0 radical (unpaired) electrons. The number of ether oxygens (including phenoxy) is 1. The highest BCUT2D eigenvalue weighted by Gasteiger charge is 2.34. The van der Waals surface area contributed by atoms with Crippen LogP contribution in [-0.4, -0.2) is 64.0 Å². The predicted octanol–water partition coefficient (Wildman–Crippen LogP) is 0.880. The van der Waals surface area contributed by atoms with Crippen LogP contribution in [0.3, 0.4) is 0 Å². The Morgan fingerprint density at radius 3 is 2.77 bits per heavy atom. The molecule has 0 bridgehead atoms. The fourth-order valence-electron chi connectivity index (χ4n) is 2.37. The van der Waals surface area contributed by atoms with Crippen molar-refractivity contribution in [3.05, 3.63) is 30.3 Å². The minimum Gasteiger partial charge on any atom is -0.383 e. The Labute approximate surface area is 136 Å². The van der Waals surface area contributed by atoms with Gasteiger partial charge >= 0.3 is 10.1 Å². The Morgan fingerprint density at radius 2 is 2.09 bits per heavy atom. The topological polar surface area (TPSA) is 67.9 Å². The number of halogens is 1. The second-order valence-corrected chi connectivity index (χ2v) is 7.16. The van der Waals surface area contributed by atoms with Crippen molar-refractivity contribution < 1.29 is 17.3 Å². The summed E-state index contributed by atoms with van der Waals surface area (Å²) in [4.78, 5) is 2.02. The summed E-state index contributed by atoms with van der Waals surface area (Å²) in [5.74, 6) is 0.132. The van der Waals surface area contributed by atoms with Gasteiger partial charge in [0.25, 0.3) is 0 Å². The first-order chi connectivity index (χ1) is 10.5. The van der Waals surface area contributed by atoms with Crippen LogP contribution >= 0.6 is 11.6 Å². The summed E-state index contributed by atoms with van der Waals surface area (Å²) in [7, 11) is -2.12. The fourth-order valence-corrected chi connectivity index (χ4v) is 4.13. The van der Waals surface area contributed by atoms with Crippen LogP contribution in [0.25, 0.3) is 0 Å². The molecule has 2 unspecified atom stereocenters. The summed E-state index contributed by atoms with van der Waals surface area (Å²) in [6.07, 6.45) is 0. The Bertz CT molecular complexity index is 555. The van der Waals surface area contributed by atoms with Gasteiger partial charge in [0.05, 0.1) is 18.1 Å². The molecule has 124 valence electrons. The van der Waals surface area contributed by atoms with Crippen molar-refractivity contribution >= 4 is 21.7 Å². The van der Waals surface area contributed by atoms with Gasteiger partial charge in [-0.2, -0.15) is 8.42 Å². The first-order valence-corrected chi connectivity index (χ1v) is 9.11. The van der Waals surface area contributed by atoms with Crippen molar-refractivity contribution in [2.75, 3.05) is 39.1 Å². The van der Waals surface area contributed by atoms with Crippen molar-refractivity contribution in [1.29, 1.82) is 0 Å². The molecule has 0 spiro atoms. The predicted molar refractivity (Wildman–Crippen MR) is 85.7 cm³/mol. The van der Waals surface area contributed by atoms with Gasteiger partial charge in [-0.3, -0.25) is 10.2 Å². The number of nitrogens with zero attached hydrogens (tertiary/aromatic N) is 1. The zero-order valence-corrected chi connectivity index (χ0v) is 14.0. The smallest absolute Gasteiger partial charge is 0.310 e. The lowest BCUT2D eigenvalue weighted by Crippen LogP contribution is -2.59. The van der Waals surface area contributed by atoms with Crippen LogP contribution in [0.4, 0.5) is 0 Å². The summed E-state index contributed by atoms with van der Waals surface area (Å²) in [5, 5.41) is 3.09. The third kappa shape index (κ3) is 5.10. The van der Waals surface area contributed by atoms with E-state index < -0.39 is 15.6 Å². The number of hydrogen-bond acceptors (Lipinski definition) is 6. The minimum atomic E-state index is -3.73. The molecule has 1 heterocycles. The molecule has 1 aromatic carbocycles. The van der Waals surface area contributed by atoms with E-state index >= 15 is 0 Å². The van der Waals surface area contributed by atoms with E-state index in [9.17, 15) is 8.42 Å². The Kier molecular flexibility index (Phi) is 6.46. The molecule has 2 atom stereocenters. The van der Waals surface area contributed by atoms with Gasteiger partial charge in [-0.05, 0) is 12.1 Å². The number of alkyl halides is 1. The van der Waals surface area contributed by atoms with E-state index in [1.165, 1.54) is 0 Å². The highest BCUT2D eigenvalue weighted by molar-refractivity contribution is 7.87. The number of nitrogens with one attached hydrogen (secondary N) is 1. The van der Waals surface area contributed by atoms with Gasteiger partial charge < -0.3 is 8.92 Å². The average Bonchev–Trinajstić information content (AvgIpc) is 2.48. The molecule has 22 heavy (non-hydrogen) atoms. The molecule has 1 aromatic rings. The van der Waals surface area contributed by atoms with E-state index in [1.807, 2.05) is 4.90 Å². The van der Waals surface area contributed by atoms with Crippen molar-refractivity contribution in [2.45, 2.75) is 11.5 Å². The summed E-state index contributed by atoms with van der Waals surface area (Å²) in [5.41, 5.74) is -0.445. The molecule has 1 saturated heterocycles. The SMILES string of the molecule is COCCN1CCNC(Cl)C1CS(=O)(=O)Oc1ccccc1. The molecule has 8 heteroatoms. The molecule has 1 aliphatic rings. The maximum absolute atomic E-state index is 12.3. The van der Waals surface area contributed by atoms with E-state index in [0.29, 0.717) is 25.4 Å². The zero-order valence-electron chi connectivity index (χ0n) is 12.4. The Balaban J connectivity index is 2.04. The fraction of sp³-hybridized carbons (Fsp3) is 0.571. The van der Waals surface area contributed by atoms with Crippen molar-refractivity contribution in [1.82, 2.24) is 10.2 Å². The molecule has 0 aliphatic carbocycles. The molecule has 6 nitrogen and oxygen atoms in total. The van der Waals surface area contributed by atoms with Crippen LogP contribution in [0.1, 0.15) is 0 Å². The second-order valence-electron chi connectivity index (χ2n) is 5.07. The quantitative estimate of drug-likeness (QED) is 0.448. The third-order valence-electron chi connectivity index (χ3n) is 3.47. The zero-order chi connectivity index (χ0) is 16.0. The summed E-state index contributed by atoms with van der Waals surface area (Å²) >= 11 is 6.25. The van der Waals surface area contributed by atoms with Crippen LogP contribution in [0.5, 0.6) is 5.75 Å². The van der Waals surface area contributed by atoms with E-state index in [2.05, 4.69) is 5.32 Å². The first kappa shape index (κ1) is 17.5. The molecule has 1 fully saturated rings. The number of methoxy groups -OCH3 is 1. The Morgan fingerprint density at radius 1 is 1.36 bits per heavy atom. The maximum atomic E-state index is 12.3. The van der Waals surface area contributed by atoms with Gasteiger partial charge in [0.2, 0.25) is 0 Å². The highest BCUT2D eigenvalue weighted by atomic mass is 35.5. The van der Waals surface area contributed by atoms with Crippen molar-refractivity contribution in [2.24, 2.45) is 0 Å².